The first kappa shape index (κ1) is 15.8. The monoisotopic (exact) mass is 322 g/mol. The van der Waals surface area contributed by atoms with Gasteiger partial charge in [0.1, 0.15) is 0 Å². The SMILES string of the molecule is Cc1c(Cl)cccc1NC(=O)CNCc1ccccc1Cl. The molecule has 0 spiro atoms. The zero-order valence-corrected chi connectivity index (χ0v) is 13.1. The van der Waals surface area contributed by atoms with Gasteiger partial charge in [0, 0.05) is 22.3 Å². The van der Waals surface area contributed by atoms with E-state index in [1.54, 1.807) is 6.07 Å². The topological polar surface area (TPSA) is 41.1 Å². The van der Waals surface area contributed by atoms with Gasteiger partial charge in [-0.1, -0.05) is 47.5 Å². The van der Waals surface area contributed by atoms with Crippen molar-refractivity contribution in [3.8, 4) is 0 Å². The molecule has 2 aromatic carbocycles. The minimum absolute atomic E-state index is 0.118. The summed E-state index contributed by atoms with van der Waals surface area (Å²) in [4.78, 5) is 11.9. The predicted molar refractivity (Wildman–Crippen MR) is 88.0 cm³/mol. The Hall–Kier alpha value is -1.55. The average Bonchev–Trinajstić information content (AvgIpc) is 2.46. The molecule has 2 N–H and O–H groups in total. The molecule has 0 aromatic heterocycles. The average molecular weight is 323 g/mol. The Balaban J connectivity index is 1.85. The van der Waals surface area contributed by atoms with Crippen LogP contribution in [0.1, 0.15) is 11.1 Å². The summed E-state index contributed by atoms with van der Waals surface area (Å²) in [6.45, 7) is 2.62. The van der Waals surface area contributed by atoms with Gasteiger partial charge in [-0.2, -0.15) is 0 Å². The highest BCUT2D eigenvalue weighted by atomic mass is 35.5. The number of nitrogens with one attached hydrogen (secondary N) is 2. The van der Waals surface area contributed by atoms with Gasteiger partial charge in [0.05, 0.1) is 6.54 Å². The van der Waals surface area contributed by atoms with Gasteiger partial charge in [-0.05, 0) is 36.2 Å². The Bertz CT molecular complexity index is 644. The van der Waals surface area contributed by atoms with E-state index >= 15 is 0 Å². The van der Waals surface area contributed by atoms with Gasteiger partial charge in [-0.3, -0.25) is 4.79 Å². The van der Waals surface area contributed by atoms with E-state index in [0.717, 1.165) is 16.8 Å². The molecule has 2 rings (SSSR count). The molecule has 0 aliphatic carbocycles. The Morgan fingerprint density at radius 1 is 1.05 bits per heavy atom. The third-order valence-electron chi connectivity index (χ3n) is 3.10. The van der Waals surface area contributed by atoms with E-state index in [4.69, 9.17) is 23.2 Å². The summed E-state index contributed by atoms with van der Waals surface area (Å²) in [5.74, 6) is -0.118. The van der Waals surface area contributed by atoms with E-state index in [0.29, 0.717) is 16.6 Å². The van der Waals surface area contributed by atoms with Crippen LogP contribution < -0.4 is 10.6 Å². The smallest absolute Gasteiger partial charge is 0.238 e. The summed E-state index contributed by atoms with van der Waals surface area (Å²) in [6, 6.07) is 13.0. The molecule has 0 saturated carbocycles. The summed E-state index contributed by atoms with van der Waals surface area (Å²) in [7, 11) is 0. The second-order valence-corrected chi connectivity index (χ2v) is 5.47. The summed E-state index contributed by atoms with van der Waals surface area (Å²) in [5.41, 5.74) is 2.55. The number of benzene rings is 2. The van der Waals surface area contributed by atoms with Crippen molar-refractivity contribution in [2.75, 3.05) is 11.9 Å². The Morgan fingerprint density at radius 2 is 1.76 bits per heavy atom. The van der Waals surface area contributed by atoms with Crippen molar-refractivity contribution < 1.29 is 4.79 Å². The molecule has 0 fully saturated rings. The van der Waals surface area contributed by atoms with Crippen molar-refractivity contribution in [2.24, 2.45) is 0 Å². The molecule has 110 valence electrons. The van der Waals surface area contributed by atoms with Gasteiger partial charge in [0.2, 0.25) is 5.91 Å². The third-order valence-corrected chi connectivity index (χ3v) is 3.88. The summed E-state index contributed by atoms with van der Waals surface area (Å²) >= 11 is 12.1. The van der Waals surface area contributed by atoms with Gasteiger partial charge < -0.3 is 10.6 Å². The Morgan fingerprint density at radius 3 is 2.52 bits per heavy atom. The second-order valence-electron chi connectivity index (χ2n) is 4.66. The molecule has 0 atom stereocenters. The lowest BCUT2D eigenvalue weighted by atomic mass is 10.2. The van der Waals surface area contributed by atoms with Gasteiger partial charge >= 0.3 is 0 Å². The Kier molecular flexibility index (Phi) is 5.62. The zero-order valence-electron chi connectivity index (χ0n) is 11.6. The highest BCUT2D eigenvalue weighted by Crippen LogP contribution is 2.22. The first-order valence-electron chi connectivity index (χ1n) is 6.57. The van der Waals surface area contributed by atoms with Crippen molar-refractivity contribution in [2.45, 2.75) is 13.5 Å². The first-order chi connectivity index (χ1) is 10.1. The van der Waals surface area contributed by atoms with Crippen LogP contribution in [0.15, 0.2) is 42.5 Å². The summed E-state index contributed by atoms with van der Waals surface area (Å²) in [6.07, 6.45) is 0. The van der Waals surface area contributed by atoms with Gasteiger partial charge in [-0.15, -0.1) is 0 Å². The van der Waals surface area contributed by atoms with E-state index in [1.807, 2.05) is 43.3 Å². The standard InChI is InChI=1S/C16H16Cl2N2O/c1-11-13(17)7-4-8-15(11)20-16(21)10-19-9-12-5-2-3-6-14(12)18/h2-8,19H,9-10H2,1H3,(H,20,21). The third kappa shape index (κ3) is 4.46. The van der Waals surface area contributed by atoms with Crippen LogP contribution in [0.3, 0.4) is 0 Å². The van der Waals surface area contributed by atoms with Crippen molar-refractivity contribution in [3.05, 3.63) is 63.6 Å². The van der Waals surface area contributed by atoms with Crippen LogP contribution in [0.2, 0.25) is 10.0 Å². The number of carbonyl (C=O) groups excluding carboxylic acids is 1. The lowest BCUT2D eigenvalue weighted by Gasteiger charge is -2.10. The van der Waals surface area contributed by atoms with Crippen LogP contribution in [0.25, 0.3) is 0 Å². The van der Waals surface area contributed by atoms with Crippen molar-refractivity contribution in [1.82, 2.24) is 5.32 Å². The fourth-order valence-corrected chi connectivity index (χ4v) is 2.27. The number of hydrogen-bond donors (Lipinski definition) is 2. The minimum atomic E-state index is -0.118. The van der Waals surface area contributed by atoms with Gasteiger partial charge in [0.25, 0.3) is 0 Å². The van der Waals surface area contributed by atoms with Gasteiger partial charge in [-0.25, -0.2) is 0 Å². The van der Waals surface area contributed by atoms with E-state index in [-0.39, 0.29) is 12.5 Å². The summed E-state index contributed by atoms with van der Waals surface area (Å²) < 4.78 is 0. The molecule has 3 nitrogen and oxygen atoms in total. The molecule has 0 unspecified atom stereocenters. The molecule has 0 aliphatic rings. The minimum Gasteiger partial charge on any atom is -0.325 e. The van der Waals surface area contributed by atoms with E-state index in [2.05, 4.69) is 10.6 Å². The number of carbonyl (C=O) groups is 1. The highest BCUT2D eigenvalue weighted by Gasteiger charge is 2.07. The van der Waals surface area contributed by atoms with Crippen LogP contribution in [-0.2, 0) is 11.3 Å². The number of hydrogen-bond acceptors (Lipinski definition) is 2. The predicted octanol–water partition coefficient (Wildman–Crippen LogP) is 4.03. The largest absolute Gasteiger partial charge is 0.325 e. The molecule has 1 amide bonds. The molecule has 0 bridgehead atoms. The van der Waals surface area contributed by atoms with Crippen molar-refractivity contribution in [1.29, 1.82) is 0 Å². The molecule has 0 aliphatic heterocycles. The summed E-state index contributed by atoms with van der Waals surface area (Å²) in [5, 5.41) is 7.23. The number of rotatable bonds is 5. The lowest BCUT2D eigenvalue weighted by molar-refractivity contribution is -0.115. The van der Waals surface area contributed by atoms with E-state index in [1.165, 1.54) is 0 Å². The fourth-order valence-electron chi connectivity index (χ4n) is 1.89. The molecule has 0 radical (unpaired) electrons. The maximum absolute atomic E-state index is 11.9. The first-order valence-corrected chi connectivity index (χ1v) is 7.32. The fraction of sp³-hybridized carbons (Fsp3) is 0.188. The number of amides is 1. The lowest BCUT2D eigenvalue weighted by Crippen LogP contribution is -2.28. The molecule has 0 saturated heterocycles. The van der Waals surface area contributed by atoms with Gasteiger partial charge in [0.15, 0.2) is 0 Å². The molecule has 0 heterocycles. The van der Waals surface area contributed by atoms with Crippen molar-refractivity contribution >= 4 is 34.8 Å². The van der Waals surface area contributed by atoms with Crippen LogP contribution in [-0.4, -0.2) is 12.5 Å². The number of anilines is 1. The quantitative estimate of drug-likeness (QED) is 0.872. The molecular formula is C16H16Cl2N2O. The van der Waals surface area contributed by atoms with Crippen LogP contribution in [0.5, 0.6) is 0 Å². The van der Waals surface area contributed by atoms with E-state index in [9.17, 15) is 4.79 Å². The zero-order chi connectivity index (χ0) is 15.2. The van der Waals surface area contributed by atoms with E-state index < -0.39 is 0 Å². The molecule has 5 heteroatoms. The van der Waals surface area contributed by atoms with Crippen LogP contribution in [0.4, 0.5) is 5.69 Å². The van der Waals surface area contributed by atoms with Crippen LogP contribution in [0, 0.1) is 6.92 Å². The normalized spacial score (nSPS) is 10.4. The molecule has 21 heavy (non-hydrogen) atoms. The maximum atomic E-state index is 11.9. The highest BCUT2D eigenvalue weighted by molar-refractivity contribution is 6.32. The number of halogens is 2. The van der Waals surface area contributed by atoms with Crippen molar-refractivity contribution in [3.63, 3.8) is 0 Å². The maximum Gasteiger partial charge on any atom is 0.238 e. The molecular weight excluding hydrogens is 307 g/mol. The molecule has 2 aromatic rings. The van der Waals surface area contributed by atoms with Crippen LogP contribution >= 0.6 is 23.2 Å². The Labute approximate surface area is 134 Å². The second kappa shape index (κ2) is 7.46.